The number of methoxy groups -OCH3 is 2. The molecule has 3 aromatic rings. The summed E-state index contributed by atoms with van der Waals surface area (Å²) in [5.41, 5.74) is 4.16. The standard InChI is InChI=1S/C26H29N3O4/c1-18-16-24(19(2)29(18)21-8-10-22(32-3)11-9-21)26(31)28-14-12-27(13-15-28)25(30)20-6-5-7-23(17-20)33-4/h5-11,16-17H,12-15H2,1-4H3. The fourth-order valence-electron chi connectivity index (χ4n) is 4.33. The highest BCUT2D eigenvalue weighted by molar-refractivity contribution is 5.97. The van der Waals surface area contributed by atoms with E-state index in [9.17, 15) is 9.59 Å². The number of nitrogens with zero attached hydrogens (tertiary/aromatic N) is 3. The van der Waals surface area contributed by atoms with Crippen molar-refractivity contribution in [2.75, 3.05) is 40.4 Å². The summed E-state index contributed by atoms with van der Waals surface area (Å²) in [6.45, 7) is 5.96. The van der Waals surface area contributed by atoms with Gasteiger partial charge in [-0.05, 0) is 62.4 Å². The minimum atomic E-state index is -0.0429. The molecule has 0 unspecified atom stereocenters. The molecule has 33 heavy (non-hydrogen) atoms. The van der Waals surface area contributed by atoms with Gasteiger partial charge in [0.25, 0.3) is 11.8 Å². The van der Waals surface area contributed by atoms with Gasteiger partial charge < -0.3 is 23.8 Å². The van der Waals surface area contributed by atoms with Gasteiger partial charge in [-0.1, -0.05) is 6.07 Å². The summed E-state index contributed by atoms with van der Waals surface area (Å²) in [6.07, 6.45) is 0. The highest BCUT2D eigenvalue weighted by Gasteiger charge is 2.28. The Morgan fingerprint density at radius 3 is 1.97 bits per heavy atom. The van der Waals surface area contributed by atoms with Crippen molar-refractivity contribution in [1.29, 1.82) is 0 Å². The first-order valence-electron chi connectivity index (χ1n) is 11.0. The lowest BCUT2D eigenvalue weighted by molar-refractivity contribution is 0.0535. The lowest BCUT2D eigenvalue weighted by atomic mass is 10.1. The van der Waals surface area contributed by atoms with Gasteiger partial charge in [-0.15, -0.1) is 0 Å². The van der Waals surface area contributed by atoms with Crippen molar-refractivity contribution >= 4 is 11.8 Å². The second kappa shape index (κ2) is 9.40. The molecule has 0 saturated carbocycles. The lowest BCUT2D eigenvalue weighted by Gasteiger charge is -2.35. The van der Waals surface area contributed by atoms with Crippen LogP contribution in [0.5, 0.6) is 11.5 Å². The number of ether oxygens (including phenoxy) is 2. The zero-order valence-electron chi connectivity index (χ0n) is 19.5. The molecule has 2 amide bonds. The van der Waals surface area contributed by atoms with Crippen molar-refractivity contribution in [1.82, 2.24) is 14.4 Å². The van der Waals surface area contributed by atoms with Crippen LogP contribution in [0.15, 0.2) is 54.6 Å². The predicted molar refractivity (Wildman–Crippen MR) is 127 cm³/mol. The maximum atomic E-state index is 13.3. The molecule has 1 aliphatic rings. The number of rotatable bonds is 5. The molecule has 1 aromatic heterocycles. The number of piperazine rings is 1. The number of carbonyl (C=O) groups is 2. The van der Waals surface area contributed by atoms with Gasteiger partial charge in [-0.3, -0.25) is 9.59 Å². The van der Waals surface area contributed by atoms with Crippen molar-refractivity contribution in [2.45, 2.75) is 13.8 Å². The van der Waals surface area contributed by atoms with E-state index in [1.54, 1.807) is 31.3 Å². The van der Waals surface area contributed by atoms with E-state index in [1.165, 1.54) is 0 Å². The Hall–Kier alpha value is -3.74. The van der Waals surface area contributed by atoms with Gasteiger partial charge in [0.2, 0.25) is 0 Å². The van der Waals surface area contributed by atoms with Gasteiger partial charge in [-0.25, -0.2) is 0 Å². The van der Waals surface area contributed by atoms with Gasteiger partial charge in [-0.2, -0.15) is 0 Å². The SMILES string of the molecule is COc1ccc(-n2c(C)cc(C(=O)N3CCN(C(=O)c4cccc(OC)c4)CC3)c2C)cc1. The van der Waals surface area contributed by atoms with Crippen LogP contribution in [0.1, 0.15) is 32.1 Å². The lowest BCUT2D eigenvalue weighted by Crippen LogP contribution is -2.50. The largest absolute Gasteiger partial charge is 0.497 e. The molecule has 1 saturated heterocycles. The highest BCUT2D eigenvalue weighted by Crippen LogP contribution is 2.24. The second-order valence-electron chi connectivity index (χ2n) is 8.13. The number of hydrogen-bond acceptors (Lipinski definition) is 4. The van der Waals surface area contributed by atoms with Crippen LogP contribution in [0.25, 0.3) is 5.69 Å². The number of carbonyl (C=O) groups excluding carboxylic acids is 2. The van der Waals surface area contributed by atoms with Crippen molar-refractivity contribution in [3.8, 4) is 17.2 Å². The zero-order valence-corrected chi connectivity index (χ0v) is 19.5. The molecule has 0 radical (unpaired) electrons. The average Bonchev–Trinajstić information content (AvgIpc) is 3.16. The predicted octanol–water partition coefficient (Wildman–Crippen LogP) is 3.71. The molecule has 0 aliphatic carbocycles. The summed E-state index contributed by atoms with van der Waals surface area (Å²) in [5.74, 6) is 1.40. The van der Waals surface area contributed by atoms with Gasteiger partial charge in [0.1, 0.15) is 11.5 Å². The van der Waals surface area contributed by atoms with Crippen LogP contribution in [0.2, 0.25) is 0 Å². The first kappa shape index (κ1) is 22.5. The molecule has 2 aromatic carbocycles. The minimum absolute atomic E-state index is 0.00339. The van der Waals surface area contributed by atoms with Crippen molar-refractivity contribution in [2.24, 2.45) is 0 Å². The highest BCUT2D eigenvalue weighted by atomic mass is 16.5. The maximum absolute atomic E-state index is 13.3. The molecule has 2 heterocycles. The molecular weight excluding hydrogens is 418 g/mol. The van der Waals surface area contributed by atoms with Crippen molar-refractivity contribution in [3.05, 3.63) is 77.1 Å². The first-order valence-corrected chi connectivity index (χ1v) is 11.0. The third-order valence-electron chi connectivity index (χ3n) is 6.16. The van der Waals surface area contributed by atoms with Crippen LogP contribution >= 0.6 is 0 Å². The Kier molecular flexibility index (Phi) is 6.40. The minimum Gasteiger partial charge on any atom is -0.497 e. The van der Waals surface area contributed by atoms with Crippen LogP contribution < -0.4 is 9.47 Å². The van der Waals surface area contributed by atoms with Crippen molar-refractivity contribution < 1.29 is 19.1 Å². The molecule has 1 fully saturated rings. The first-order chi connectivity index (χ1) is 15.9. The normalized spacial score (nSPS) is 13.7. The van der Waals surface area contributed by atoms with Crippen LogP contribution in [0.3, 0.4) is 0 Å². The summed E-state index contributed by atoms with van der Waals surface area (Å²) in [6, 6.07) is 16.9. The number of amides is 2. The van der Waals surface area contributed by atoms with Gasteiger partial charge >= 0.3 is 0 Å². The smallest absolute Gasteiger partial charge is 0.255 e. The molecule has 0 bridgehead atoms. The van der Waals surface area contributed by atoms with Crippen LogP contribution in [0.4, 0.5) is 0 Å². The molecule has 0 N–H and O–H groups in total. The fraction of sp³-hybridized carbons (Fsp3) is 0.308. The van der Waals surface area contributed by atoms with Gasteiger partial charge in [0.15, 0.2) is 0 Å². The van der Waals surface area contributed by atoms with Gasteiger partial charge in [0, 0.05) is 48.8 Å². The van der Waals surface area contributed by atoms with E-state index in [-0.39, 0.29) is 11.8 Å². The Bertz CT molecular complexity index is 1160. The van der Waals surface area contributed by atoms with E-state index >= 15 is 0 Å². The molecule has 172 valence electrons. The zero-order chi connectivity index (χ0) is 23.5. The van der Waals surface area contributed by atoms with Crippen LogP contribution in [-0.2, 0) is 0 Å². The Morgan fingerprint density at radius 2 is 1.36 bits per heavy atom. The summed E-state index contributed by atoms with van der Waals surface area (Å²) < 4.78 is 12.6. The monoisotopic (exact) mass is 447 g/mol. The average molecular weight is 448 g/mol. The Morgan fingerprint density at radius 1 is 0.758 bits per heavy atom. The molecule has 4 rings (SSSR count). The molecule has 7 nitrogen and oxygen atoms in total. The maximum Gasteiger partial charge on any atom is 0.255 e. The topological polar surface area (TPSA) is 64.0 Å². The number of aryl methyl sites for hydroxylation is 1. The molecule has 0 spiro atoms. The van der Waals surface area contributed by atoms with E-state index in [0.29, 0.717) is 43.1 Å². The van der Waals surface area contributed by atoms with E-state index in [1.807, 2.05) is 61.2 Å². The number of benzene rings is 2. The third kappa shape index (κ3) is 4.44. The van der Waals surface area contributed by atoms with E-state index in [0.717, 1.165) is 22.8 Å². The third-order valence-corrected chi connectivity index (χ3v) is 6.16. The molecule has 0 atom stereocenters. The molecular formula is C26H29N3O4. The summed E-state index contributed by atoms with van der Waals surface area (Å²) in [7, 11) is 3.22. The molecule has 7 heteroatoms. The summed E-state index contributed by atoms with van der Waals surface area (Å²) >= 11 is 0. The van der Waals surface area contributed by atoms with Crippen LogP contribution in [-0.4, -0.2) is 66.6 Å². The summed E-state index contributed by atoms with van der Waals surface area (Å²) in [5, 5.41) is 0. The van der Waals surface area contributed by atoms with Crippen molar-refractivity contribution in [3.63, 3.8) is 0 Å². The molecule has 1 aliphatic heterocycles. The van der Waals surface area contributed by atoms with E-state index in [4.69, 9.17) is 9.47 Å². The number of hydrogen-bond donors (Lipinski definition) is 0. The Balaban J connectivity index is 1.46. The van der Waals surface area contributed by atoms with Crippen LogP contribution in [0, 0.1) is 13.8 Å². The Labute approximate surface area is 194 Å². The van der Waals surface area contributed by atoms with E-state index < -0.39 is 0 Å². The van der Waals surface area contributed by atoms with E-state index in [2.05, 4.69) is 4.57 Å². The number of aromatic nitrogens is 1. The second-order valence-corrected chi connectivity index (χ2v) is 8.13. The fourth-order valence-corrected chi connectivity index (χ4v) is 4.33. The quantitative estimate of drug-likeness (QED) is 0.598. The summed E-state index contributed by atoms with van der Waals surface area (Å²) in [4.78, 5) is 29.8. The van der Waals surface area contributed by atoms with Gasteiger partial charge in [0.05, 0.1) is 19.8 Å².